The Balaban J connectivity index is 1.67. The molecule has 0 atom stereocenters. The van der Waals surface area contributed by atoms with Crippen LogP contribution < -0.4 is 42.4 Å². The van der Waals surface area contributed by atoms with Gasteiger partial charge in [-0.15, -0.1) is 0 Å². The molecule has 0 aliphatic carbocycles. The molecule has 0 nitrogen and oxygen atoms in total. The van der Waals surface area contributed by atoms with Crippen LogP contribution in [0, 0.1) is 0 Å². The Hall–Kier alpha value is -4.78. The molecule has 0 saturated carbocycles. The van der Waals surface area contributed by atoms with Gasteiger partial charge in [0.05, 0.1) is 0 Å². The lowest BCUT2D eigenvalue weighted by atomic mass is 10.4. The second kappa shape index (κ2) is 17.1. The topological polar surface area (TPSA) is 0 Å². The SMILES string of the molecule is C(P(c1ccccc1)c1ccccc1)=P(c1ccccc1)(c1ccccc1)P(=CP(c1ccccc1)c1ccccc1)(c1ccccc1)c1ccccc1. The lowest BCUT2D eigenvalue weighted by molar-refractivity contribution is 1.75. The van der Waals surface area contributed by atoms with Gasteiger partial charge in [0, 0.05) is 0 Å². The Morgan fingerprint density at radius 2 is 0.389 bits per heavy atom. The third-order valence-corrected chi connectivity index (χ3v) is 30.7. The molecule has 54 heavy (non-hydrogen) atoms. The molecule has 0 radical (unpaired) electrons. The molecule has 0 bridgehead atoms. The molecule has 0 fully saturated rings. The molecule has 0 amide bonds. The summed E-state index contributed by atoms with van der Waals surface area (Å²) in [7, 11) is -1.85. The van der Waals surface area contributed by atoms with Gasteiger partial charge in [-0.25, -0.2) is 0 Å². The minimum atomic E-state index is -2.59. The van der Waals surface area contributed by atoms with Gasteiger partial charge in [0.25, 0.3) is 0 Å². The van der Waals surface area contributed by atoms with Crippen molar-refractivity contribution in [3.8, 4) is 0 Å². The van der Waals surface area contributed by atoms with Crippen molar-refractivity contribution < 1.29 is 0 Å². The van der Waals surface area contributed by atoms with Crippen molar-refractivity contribution in [1.29, 1.82) is 0 Å². The Labute approximate surface area is 323 Å². The predicted molar refractivity (Wildman–Crippen MR) is 248 cm³/mol. The van der Waals surface area contributed by atoms with E-state index >= 15 is 0 Å². The maximum atomic E-state index is 2.91. The van der Waals surface area contributed by atoms with E-state index in [1.54, 1.807) is 0 Å². The second-order valence-corrected chi connectivity index (χ2v) is 27.0. The van der Waals surface area contributed by atoms with Crippen molar-refractivity contribution in [3.05, 3.63) is 243 Å². The number of hydrogen-bond acceptors (Lipinski definition) is 0. The summed E-state index contributed by atoms with van der Waals surface area (Å²) in [6, 6.07) is 91.2. The maximum absolute atomic E-state index is 2.91. The van der Waals surface area contributed by atoms with Crippen LogP contribution in [0.25, 0.3) is 0 Å². The van der Waals surface area contributed by atoms with Crippen molar-refractivity contribution in [3.63, 3.8) is 0 Å². The van der Waals surface area contributed by atoms with Gasteiger partial charge in [0.1, 0.15) is 0 Å². The van der Waals surface area contributed by atoms with E-state index in [1.807, 2.05) is 0 Å². The largest absolute Gasteiger partial charge is 0.0622 e. The highest BCUT2D eigenvalue weighted by molar-refractivity contribution is 8.58. The standard InChI is InChI=1S/C50H42P4/c1-9-25-43(26-10-1)51(44-27-11-2-12-28-44)41-53(47-33-17-5-18-34-47,48-35-19-6-20-36-48)54(49-37-21-7-22-38-49,50-39-23-8-24-40-50)42-52(45-29-13-3-14-30-45)46-31-15-4-16-32-46/h1-42H. The van der Waals surface area contributed by atoms with Gasteiger partial charge < -0.3 is 0 Å². The molecule has 0 N–H and O–H groups in total. The molecule has 8 rings (SSSR count). The summed E-state index contributed by atoms with van der Waals surface area (Å²) < 4.78 is 0. The second-order valence-electron chi connectivity index (χ2n) is 13.0. The lowest BCUT2D eigenvalue weighted by Crippen LogP contribution is -2.30. The smallest absolute Gasteiger partial charge is 0.0156 e. The third kappa shape index (κ3) is 7.22. The molecule has 0 aromatic heterocycles. The molecule has 0 heterocycles. The van der Waals surface area contributed by atoms with Crippen molar-refractivity contribution >= 4 is 82.5 Å². The number of benzene rings is 8. The van der Waals surface area contributed by atoms with Crippen molar-refractivity contribution in [2.24, 2.45) is 0 Å². The van der Waals surface area contributed by atoms with Crippen LogP contribution in [-0.2, 0) is 0 Å². The summed E-state index contributed by atoms with van der Waals surface area (Å²) in [6.45, 7) is -5.18. The molecule has 262 valence electrons. The summed E-state index contributed by atoms with van der Waals surface area (Å²) in [5.41, 5.74) is 5.82. The Morgan fingerprint density at radius 1 is 0.222 bits per heavy atom. The first-order valence-corrected chi connectivity index (χ1v) is 25.6. The molecular weight excluding hydrogens is 724 g/mol. The molecule has 0 spiro atoms. The molecule has 8 aromatic carbocycles. The van der Waals surface area contributed by atoms with Crippen LogP contribution in [0.4, 0.5) is 0 Å². The molecule has 0 aliphatic heterocycles. The van der Waals surface area contributed by atoms with Gasteiger partial charge in [-0.1, -0.05) is 243 Å². The maximum Gasteiger partial charge on any atom is -0.0156 e. The zero-order valence-corrected chi connectivity index (χ0v) is 33.6. The van der Waals surface area contributed by atoms with Crippen LogP contribution >= 0.6 is 29.0 Å². The van der Waals surface area contributed by atoms with E-state index in [9.17, 15) is 0 Å². The fourth-order valence-electron chi connectivity index (χ4n) is 7.33. The van der Waals surface area contributed by atoms with E-state index in [0.29, 0.717) is 0 Å². The fraction of sp³-hybridized carbons (Fsp3) is 0. The molecule has 0 saturated heterocycles. The zero-order chi connectivity index (χ0) is 36.5. The Bertz CT molecular complexity index is 2130. The predicted octanol–water partition coefficient (Wildman–Crippen LogP) is 10.0. The van der Waals surface area contributed by atoms with Crippen LogP contribution in [0.15, 0.2) is 243 Å². The molecular formula is C50H42P4. The van der Waals surface area contributed by atoms with E-state index in [0.717, 1.165) is 0 Å². The average Bonchev–Trinajstić information content (AvgIpc) is 3.27. The zero-order valence-electron chi connectivity index (χ0n) is 30.0. The van der Waals surface area contributed by atoms with Crippen LogP contribution in [-0.4, -0.2) is 11.1 Å². The van der Waals surface area contributed by atoms with E-state index < -0.39 is 29.0 Å². The first-order valence-electron chi connectivity index (χ1n) is 18.3. The summed E-state index contributed by atoms with van der Waals surface area (Å²) in [6.07, 6.45) is 0. The van der Waals surface area contributed by atoms with Crippen LogP contribution in [0.3, 0.4) is 0 Å². The highest BCUT2D eigenvalue weighted by atomic mass is 32.1. The fourth-order valence-corrected chi connectivity index (χ4v) is 33.5. The van der Waals surface area contributed by atoms with Crippen molar-refractivity contribution in [2.45, 2.75) is 0 Å². The van der Waals surface area contributed by atoms with E-state index in [2.05, 4.69) is 254 Å². The number of hydrogen-bond donors (Lipinski definition) is 0. The lowest BCUT2D eigenvalue weighted by Gasteiger charge is -2.45. The minimum Gasteiger partial charge on any atom is -0.0622 e. The van der Waals surface area contributed by atoms with E-state index in [4.69, 9.17) is 0 Å². The number of rotatable bonds is 11. The normalized spacial score (nSPS) is 11.7. The Kier molecular flexibility index (Phi) is 11.5. The van der Waals surface area contributed by atoms with Gasteiger partial charge in [0.15, 0.2) is 0 Å². The van der Waals surface area contributed by atoms with E-state index in [-0.39, 0.29) is 0 Å². The summed E-state index contributed by atoms with van der Waals surface area (Å²) >= 11 is 0. The minimum absolute atomic E-state index is 0.925. The quantitative estimate of drug-likeness (QED) is 0.115. The highest BCUT2D eigenvalue weighted by Crippen LogP contribution is 2.82. The van der Waals surface area contributed by atoms with Gasteiger partial charge in [-0.3, -0.25) is 0 Å². The first kappa shape index (κ1) is 36.2. The third-order valence-electron chi connectivity index (χ3n) is 9.80. The molecule has 8 aromatic rings. The molecule has 0 aliphatic rings. The Morgan fingerprint density at radius 3 is 0.574 bits per heavy atom. The van der Waals surface area contributed by atoms with Crippen LogP contribution in [0.5, 0.6) is 0 Å². The summed E-state index contributed by atoms with van der Waals surface area (Å²) in [4.78, 5) is 0. The van der Waals surface area contributed by atoms with Crippen LogP contribution in [0.1, 0.15) is 0 Å². The van der Waals surface area contributed by atoms with Gasteiger partial charge in [-0.2, -0.15) is 0 Å². The monoisotopic (exact) mass is 766 g/mol. The van der Waals surface area contributed by atoms with Crippen LogP contribution in [0.2, 0.25) is 0 Å². The van der Waals surface area contributed by atoms with Gasteiger partial charge in [-0.05, 0) is 82.5 Å². The summed E-state index contributed by atoms with van der Waals surface area (Å²) in [5, 5.41) is 11.1. The van der Waals surface area contributed by atoms with E-state index in [1.165, 1.54) is 42.4 Å². The van der Waals surface area contributed by atoms with Crippen molar-refractivity contribution in [2.75, 3.05) is 0 Å². The van der Waals surface area contributed by atoms with Crippen molar-refractivity contribution in [1.82, 2.24) is 0 Å². The molecule has 0 unspecified atom stereocenters. The molecule has 4 heteroatoms. The highest BCUT2D eigenvalue weighted by Gasteiger charge is 2.42. The summed E-state index contributed by atoms with van der Waals surface area (Å²) in [5.74, 6) is 0. The van der Waals surface area contributed by atoms with Gasteiger partial charge >= 0.3 is 0 Å². The average molecular weight is 767 g/mol. The van der Waals surface area contributed by atoms with Gasteiger partial charge in [0.2, 0.25) is 0 Å². The first-order chi connectivity index (χ1) is 26.8.